The normalized spacial score (nSPS) is 14.1. The number of fused-ring (bicyclic) bond motifs is 1. The Bertz CT molecular complexity index is 695. The van der Waals surface area contributed by atoms with E-state index in [0.29, 0.717) is 11.6 Å². The molecule has 3 rings (SSSR count). The lowest BCUT2D eigenvalue weighted by Gasteiger charge is -2.13. The Morgan fingerprint density at radius 3 is 2.79 bits per heavy atom. The molecule has 1 aromatic carbocycles. The number of hydrogen-bond acceptors (Lipinski definition) is 5. The first-order valence-electron chi connectivity index (χ1n) is 5.51. The van der Waals surface area contributed by atoms with Crippen LogP contribution in [-0.2, 0) is 11.3 Å². The number of rotatable bonds is 2. The van der Waals surface area contributed by atoms with E-state index >= 15 is 0 Å². The molecule has 19 heavy (non-hydrogen) atoms. The molecular formula is C12H8ClN3O3. The van der Waals surface area contributed by atoms with Gasteiger partial charge in [-0.1, -0.05) is 17.7 Å². The minimum atomic E-state index is -0.640. The van der Waals surface area contributed by atoms with E-state index in [1.807, 2.05) is 0 Å². The predicted molar refractivity (Wildman–Crippen MR) is 66.0 cm³/mol. The maximum atomic E-state index is 12.0. The van der Waals surface area contributed by atoms with Gasteiger partial charge in [-0.15, -0.1) is 10.2 Å². The Morgan fingerprint density at radius 1 is 1.32 bits per heavy atom. The highest BCUT2D eigenvalue weighted by Crippen LogP contribution is 2.34. The number of nitrogens with zero attached hydrogens (tertiary/aromatic N) is 3. The van der Waals surface area contributed by atoms with Crippen LogP contribution in [0.4, 0.5) is 5.69 Å². The van der Waals surface area contributed by atoms with Crippen molar-refractivity contribution >= 4 is 29.0 Å². The molecule has 0 atom stereocenters. The van der Waals surface area contributed by atoms with Gasteiger partial charge in [-0.05, 0) is 12.1 Å². The number of ketones is 1. The van der Waals surface area contributed by atoms with E-state index in [2.05, 4.69) is 10.2 Å². The topological polar surface area (TPSA) is 76.3 Å². The number of carbonyl (C=O) groups is 2. The van der Waals surface area contributed by atoms with Crippen molar-refractivity contribution in [3.8, 4) is 0 Å². The summed E-state index contributed by atoms with van der Waals surface area (Å²) in [5, 5.41) is 7.75. The monoisotopic (exact) mass is 277 g/mol. The number of aryl methyl sites for hydroxylation is 1. The van der Waals surface area contributed by atoms with Crippen molar-refractivity contribution in [2.75, 3.05) is 4.90 Å². The van der Waals surface area contributed by atoms with Gasteiger partial charge in [0.2, 0.25) is 11.8 Å². The van der Waals surface area contributed by atoms with Gasteiger partial charge in [0.1, 0.15) is 6.54 Å². The molecule has 0 N–H and O–H groups in total. The number of anilines is 1. The van der Waals surface area contributed by atoms with Crippen LogP contribution in [0.1, 0.15) is 22.1 Å². The maximum Gasteiger partial charge on any atom is 0.300 e. The van der Waals surface area contributed by atoms with Crippen molar-refractivity contribution in [3.63, 3.8) is 0 Å². The van der Waals surface area contributed by atoms with Crippen molar-refractivity contribution in [2.24, 2.45) is 0 Å². The quantitative estimate of drug-likeness (QED) is 0.782. The largest absolute Gasteiger partial charge is 0.424 e. The summed E-state index contributed by atoms with van der Waals surface area (Å²) in [4.78, 5) is 25.1. The van der Waals surface area contributed by atoms with E-state index in [0.717, 1.165) is 0 Å². The summed E-state index contributed by atoms with van der Waals surface area (Å²) in [6.07, 6.45) is 0. The number of halogens is 1. The van der Waals surface area contributed by atoms with Crippen molar-refractivity contribution < 1.29 is 14.0 Å². The first kappa shape index (κ1) is 11.9. The molecular weight excluding hydrogens is 270 g/mol. The van der Waals surface area contributed by atoms with Gasteiger partial charge in [0.05, 0.1) is 16.3 Å². The van der Waals surface area contributed by atoms with Gasteiger partial charge < -0.3 is 4.42 Å². The van der Waals surface area contributed by atoms with Crippen LogP contribution in [0.5, 0.6) is 0 Å². The van der Waals surface area contributed by atoms with Crippen molar-refractivity contribution in [2.45, 2.75) is 13.5 Å². The van der Waals surface area contributed by atoms with Gasteiger partial charge in [0, 0.05) is 6.92 Å². The molecule has 96 valence electrons. The average Bonchev–Trinajstić information content (AvgIpc) is 2.88. The van der Waals surface area contributed by atoms with Crippen molar-refractivity contribution in [3.05, 3.63) is 40.6 Å². The minimum Gasteiger partial charge on any atom is -0.424 e. The second-order valence-electron chi connectivity index (χ2n) is 4.07. The molecule has 7 heteroatoms. The van der Waals surface area contributed by atoms with E-state index in [1.54, 1.807) is 25.1 Å². The molecule has 0 saturated heterocycles. The molecule has 2 heterocycles. The SMILES string of the molecule is Cc1nnc(CN2C(=O)C(=O)c3c(Cl)cccc32)o1. The van der Waals surface area contributed by atoms with Crippen LogP contribution in [-0.4, -0.2) is 21.9 Å². The van der Waals surface area contributed by atoms with Crippen LogP contribution in [0, 0.1) is 6.92 Å². The lowest BCUT2D eigenvalue weighted by Crippen LogP contribution is -2.29. The summed E-state index contributed by atoms with van der Waals surface area (Å²) in [5.41, 5.74) is 0.698. The van der Waals surface area contributed by atoms with Crippen LogP contribution in [0.2, 0.25) is 5.02 Å². The molecule has 0 bridgehead atoms. The van der Waals surface area contributed by atoms with Crippen LogP contribution < -0.4 is 4.90 Å². The van der Waals surface area contributed by atoms with E-state index in [4.69, 9.17) is 16.0 Å². The number of amides is 1. The van der Waals surface area contributed by atoms with Crippen molar-refractivity contribution in [1.29, 1.82) is 0 Å². The van der Waals surface area contributed by atoms with Gasteiger partial charge in [-0.2, -0.15) is 0 Å². The summed E-state index contributed by atoms with van der Waals surface area (Å²) in [5.74, 6) is -0.582. The molecule has 1 aromatic heterocycles. The van der Waals surface area contributed by atoms with Gasteiger partial charge in [0.25, 0.3) is 11.7 Å². The third-order valence-corrected chi connectivity index (χ3v) is 3.13. The zero-order valence-corrected chi connectivity index (χ0v) is 10.6. The molecule has 0 saturated carbocycles. The Kier molecular flexibility index (Phi) is 2.60. The van der Waals surface area contributed by atoms with E-state index in [9.17, 15) is 9.59 Å². The Morgan fingerprint density at radius 2 is 2.11 bits per heavy atom. The molecule has 0 fully saturated rings. The summed E-state index contributed by atoms with van der Waals surface area (Å²) < 4.78 is 5.21. The van der Waals surface area contributed by atoms with Crippen LogP contribution >= 0.6 is 11.6 Å². The predicted octanol–water partition coefficient (Wildman–Crippen LogP) is 1.76. The summed E-state index contributed by atoms with van der Waals surface area (Å²) in [6.45, 7) is 1.71. The third kappa shape index (κ3) is 1.80. The number of hydrogen-bond donors (Lipinski definition) is 0. The Hall–Kier alpha value is -2.21. The highest BCUT2D eigenvalue weighted by atomic mass is 35.5. The molecule has 1 aliphatic rings. The third-order valence-electron chi connectivity index (χ3n) is 2.81. The fourth-order valence-corrected chi connectivity index (χ4v) is 2.25. The fraction of sp³-hybridized carbons (Fsp3) is 0.167. The summed E-state index contributed by atoms with van der Waals surface area (Å²) in [7, 11) is 0. The van der Waals surface area contributed by atoms with E-state index < -0.39 is 11.7 Å². The second kappa shape index (κ2) is 4.17. The summed E-state index contributed by atoms with van der Waals surface area (Å²) in [6, 6.07) is 4.91. The molecule has 6 nitrogen and oxygen atoms in total. The molecule has 1 aliphatic heterocycles. The van der Waals surface area contributed by atoms with Gasteiger partial charge in [-0.3, -0.25) is 14.5 Å². The highest BCUT2D eigenvalue weighted by Gasteiger charge is 2.38. The molecule has 2 aromatic rings. The Labute approximate surface area is 113 Å². The minimum absolute atomic E-state index is 0.0543. The number of carbonyl (C=O) groups excluding carboxylic acids is 2. The number of aromatic nitrogens is 2. The lowest BCUT2D eigenvalue weighted by molar-refractivity contribution is -0.114. The summed E-state index contributed by atoms with van der Waals surface area (Å²) >= 11 is 5.95. The maximum absolute atomic E-state index is 12.0. The van der Waals surface area contributed by atoms with Gasteiger partial charge in [-0.25, -0.2) is 0 Å². The van der Waals surface area contributed by atoms with Crippen LogP contribution in [0.3, 0.4) is 0 Å². The zero-order chi connectivity index (χ0) is 13.6. The van der Waals surface area contributed by atoms with Gasteiger partial charge in [0.15, 0.2) is 0 Å². The molecule has 0 radical (unpaired) electrons. The average molecular weight is 278 g/mol. The van der Waals surface area contributed by atoms with Crippen molar-refractivity contribution in [1.82, 2.24) is 10.2 Å². The smallest absolute Gasteiger partial charge is 0.300 e. The zero-order valence-electron chi connectivity index (χ0n) is 9.88. The molecule has 0 spiro atoms. The lowest BCUT2D eigenvalue weighted by atomic mass is 10.1. The van der Waals surface area contributed by atoms with Crippen LogP contribution in [0.25, 0.3) is 0 Å². The first-order valence-corrected chi connectivity index (χ1v) is 5.89. The fourth-order valence-electron chi connectivity index (χ4n) is 2.00. The standard InChI is InChI=1S/C12H8ClN3O3/c1-6-14-15-9(19-6)5-16-8-4-2-3-7(13)10(8)11(17)12(16)18/h2-4H,5H2,1H3. The number of benzene rings is 1. The van der Waals surface area contributed by atoms with E-state index in [1.165, 1.54) is 4.90 Å². The molecule has 1 amide bonds. The van der Waals surface area contributed by atoms with Gasteiger partial charge >= 0.3 is 0 Å². The number of Topliss-reactive ketones (excluding diaryl/α,β-unsaturated/α-hetero) is 1. The highest BCUT2D eigenvalue weighted by molar-refractivity contribution is 6.55. The van der Waals surface area contributed by atoms with E-state index in [-0.39, 0.29) is 23.0 Å². The first-order chi connectivity index (χ1) is 9.08. The second-order valence-corrected chi connectivity index (χ2v) is 4.48. The molecule has 0 unspecified atom stereocenters. The molecule has 0 aliphatic carbocycles. The Balaban J connectivity index is 2.02. The van der Waals surface area contributed by atoms with Crippen LogP contribution in [0.15, 0.2) is 22.6 Å².